The van der Waals surface area contributed by atoms with E-state index in [1.807, 2.05) is 6.07 Å². The van der Waals surface area contributed by atoms with Crippen molar-refractivity contribution in [2.45, 2.75) is 54.2 Å². The highest BCUT2D eigenvalue weighted by atomic mass is 32.2. The summed E-state index contributed by atoms with van der Waals surface area (Å²) < 4.78 is 24.3. The van der Waals surface area contributed by atoms with Gasteiger partial charge >= 0.3 is 0 Å². The number of methoxy groups -OCH3 is 1. The highest BCUT2D eigenvalue weighted by molar-refractivity contribution is 7.99. The third kappa shape index (κ3) is 4.90. The molecule has 0 aromatic carbocycles. The largest absolute Gasteiger partial charge is 0.486 e. The zero-order valence-electron chi connectivity index (χ0n) is 22.9. The van der Waals surface area contributed by atoms with Crippen molar-refractivity contribution in [2.75, 3.05) is 63.2 Å². The van der Waals surface area contributed by atoms with Crippen molar-refractivity contribution in [2.24, 2.45) is 24.1 Å². The highest BCUT2D eigenvalue weighted by Crippen LogP contribution is 2.45. The number of aromatic nitrogens is 3. The molecular weight excluding hydrogens is 520 g/mol. The molecule has 3 fully saturated rings. The summed E-state index contributed by atoms with van der Waals surface area (Å²) in [5.41, 5.74) is 6.43. The van der Waals surface area contributed by atoms with Gasteiger partial charge in [-0.3, -0.25) is 9.36 Å². The van der Waals surface area contributed by atoms with E-state index in [1.54, 1.807) is 31.1 Å². The van der Waals surface area contributed by atoms with Crippen LogP contribution in [0.15, 0.2) is 33.0 Å². The first-order valence-electron chi connectivity index (χ1n) is 13.7. The second kappa shape index (κ2) is 10.9. The van der Waals surface area contributed by atoms with Crippen LogP contribution in [0.3, 0.4) is 0 Å². The van der Waals surface area contributed by atoms with Gasteiger partial charge in [0.25, 0.3) is 5.56 Å². The van der Waals surface area contributed by atoms with Crippen LogP contribution < -0.4 is 25.8 Å². The van der Waals surface area contributed by atoms with Crippen LogP contribution in [0, 0.1) is 11.3 Å². The molecule has 212 valence electrons. The van der Waals surface area contributed by atoms with Gasteiger partial charge in [0.05, 0.1) is 41.3 Å². The highest BCUT2D eigenvalue weighted by Gasteiger charge is 2.48. The van der Waals surface area contributed by atoms with Gasteiger partial charge in [0, 0.05) is 57.4 Å². The molecule has 6 rings (SSSR count). The SMILES string of the molecule is COCOCC1C[C@H]2COc3c(Sc4cnc(N5CCC6(CC5)CO[C@@H](C)[C@H]6N)n(C)c4=O)ccnc3N2C1. The van der Waals surface area contributed by atoms with Crippen molar-refractivity contribution in [3.63, 3.8) is 0 Å². The van der Waals surface area contributed by atoms with Gasteiger partial charge in [0.2, 0.25) is 5.95 Å². The molecule has 11 nitrogen and oxygen atoms in total. The monoisotopic (exact) mass is 558 g/mol. The molecule has 4 aliphatic rings. The van der Waals surface area contributed by atoms with Crippen molar-refractivity contribution in [3.8, 4) is 5.75 Å². The van der Waals surface area contributed by atoms with Gasteiger partial charge in [0.15, 0.2) is 11.6 Å². The van der Waals surface area contributed by atoms with Gasteiger partial charge in [-0.15, -0.1) is 0 Å². The molecule has 2 aromatic heterocycles. The molecule has 1 unspecified atom stereocenters. The molecule has 2 aromatic rings. The van der Waals surface area contributed by atoms with E-state index in [0.717, 1.165) is 55.4 Å². The Balaban J connectivity index is 1.16. The fourth-order valence-electron chi connectivity index (χ4n) is 6.49. The molecule has 0 amide bonds. The minimum Gasteiger partial charge on any atom is -0.486 e. The summed E-state index contributed by atoms with van der Waals surface area (Å²) in [6.07, 6.45) is 6.42. The van der Waals surface area contributed by atoms with Crippen molar-refractivity contribution in [3.05, 3.63) is 28.8 Å². The average molecular weight is 559 g/mol. The number of nitrogens with two attached hydrogens (primary N) is 1. The lowest BCUT2D eigenvalue weighted by Crippen LogP contribution is -2.51. The summed E-state index contributed by atoms with van der Waals surface area (Å²) in [6.45, 7) is 6.77. The Bertz CT molecular complexity index is 1250. The number of hydrogen-bond acceptors (Lipinski definition) is 11. The Morgan fingerprint density at radius 1 is 1.26 bits per heavy atom. The van der Waals surface area contributed by atoms with Gasteiger partial charge in [0.1, 0.15) is 13.4 Å². The van der Waals surface area contributed by atoms with Gasteiger partial charge in [-0.25, -0.2) is 9.97 Å². The van der Waals surface area contributed by atoms with Crippen LogP contribution >= 0.6 is 11.8 Å². The van der Waals surface area contributed by atoms with Crippen LogP contribution in [-0.2, 0) is 21.3 Å². The first-order chi connectivity index (χ1) is 18.9. The van der Waals surface area contributed by atoms with Crippen LogP contribution in [0.2, 0.25) is 0 Å². The Labute approximate surface area is 233 Å². The predicted molar refractivity (Wildman–Crippen MR) is 148 cm³/mol. The summed E-state index contributed by atoms with van der Waals surface area (Å²) in [5.74, 6) is 2.65. The van der Waals surface area contributed by atoms with Gasteiger partial charge < -0.3 is 34.5 Å². The van der Waals surface area contributed by atoms with E-state index in [0.29, 0.717) is 43.4 Å². The van der Waals surface area contributed by atoms with E-state index in [9.17, 15) is 4.79 Å². The number of rotatable bonds is 7. The van der Waals surface area contributed by atoms with Crippen molar-refractivity contribution >= 4 is 23.5 Å². The molecule has 0 saturated carbocycles. The van der Waals surface area contributed by atoms with Crippen LogP contribution in [0.1, 0.15) is 26.2 Å². The van der Waals surface area contributed by atoms with E-state index < -0.39 is 0 Å². The summed E-state index contributed by atoms with van der Waals surface area (Å²) in [5, 5.41) is 0. The molecule has 1 spiro atoms. The van der Waals surface area contributed by atoms with Gasteiger partial charge in [-0.05, 0) is 32.3 Å². The fourth-order valence-corrected chi connectivity index (χ4v) is 7.43. The van der Waals surface area contributed by atoms with Gasteiger partial charge in [-0.1, -0.05) is 11.8 Å². The average Bonchev–Trinajstić information content (AvgIpc) is 3.49. The minimum atomic E-state index is -0.0735. The van der Waals surface area contributed by atoms with E-state index in [-0.39, 0.29) is 29.2 Å². The van der Waals surface area contributed by atoms with Crippen molar-refractivity contribution < 1.29 is 18.9 Å². The van der Waals surface area contributed by atoms with Crippen LogP contribution in [-0.4, -0.2) is 86.1 Å². The molecule has 0 radical (unpaired) electrons. The maximum absolute atomic E-state index is 13.4. The van der Waals surface area contributed by atoms with Crippen LogP contribution in [0.5, 0.6) is 5.75 Å². The summed E-state index contributed by atoms with van der Waals surface area (Å²) >= 11 is 1.39. The molecule has 4 atom stereocenters. The maximum Gasteiger partial charge on any atom is 0.268 e. The normalized spacial score (nSPS) is 27.5. The number of nitrogens with zero attached hydrogens (tertiary/aromatic N) is 5. The van der Waals surface area contributed by atoms with E-state index in [1.165, 1.54) is 11.8 Å². The van der Waals surface area contributed by atoms with E-state index in [2.05, 4.69) is 21.7 Å². The summed E-state index contributed by atoms with van der Waals surface area (Å²) in [7, 11) is 3.43. The van der Waals surface area contributed by atoms with E-state index >= 15 is 0 Å². The maximum atomic E-state index is 13.4. The van der Waals surface area contributed by atoms with E-state index in [4.69, 9.17) is 29.7 Å². The Morgan fingerprint density at radius 2 is 2.08 bits per heavy atom. The summed E-state index contributed by atoms with van der Waals surface area (Å²) in [6, 6.07) is 2.23. The predicted octanol–water partition coefficient (Wildman–Crippen LogP) is 1.87. The lowest BCUT2D eigenvalue weighted by atomic mass is 9.73. The molecule has 4 aliphatic heterocycles. The minimum absolute atomic E-state index is 0.0241. The zero-order chi connectivity index (χ0) is 27.1. The van der Waals surface area contributed by atoms with Crippen LogP contribution in [0.25, 0.3) is 0 Å². The Kier molecular flexibility index (Phi) is 7.49. The molecule has 0 bridgehead atoms. The molecule has 6 heterocycles. The van der Waals surface area contributed by atoms with Crippen LogP contribution in [0.4, 0.5) is 11.8 Å². The van der Waals surface area contributed by atoms with Crippen molar-refractivity contribution in [1.29, 1.82) is 0 Å². The second-order valence-corrected chi connectivity index (χ2v) is 12.3. The first kappa shape index (κ1) is 26.8. The second-order valence-electron chi connectivity index (χ2n) is 11.2. The standard InChI is InChI=1S/C27H38N6O5S/c1-17-23(28)27(15-38-17)5-8-32(9-6-27)26-30-11-21(25(34)31(26)2)39-20-4-7-29-24-22(20)37-14-19-10-18(12-33(19)24)13-36-16-35-3/h4,7,11,17-19,23H,5-6,8-10,12-16,28H2,1-3H3/t17-,18?,19-,23+/m0/s1. The molecule has 12 heteroatoms. The lowest BCUT2D eigenvalue weighted by molar-refractivity contribution is -0.0414. The number of piperidine rings is 1. The zero-order valence-corrected chi connectivity index (χ0v) is 23.7. The van der Waals surface area contributed by atoms with Crippen molar-refractivity contribution in [1.82, 2.24) is 14.5 Å². The fraction of sp³-hybridized carbons (Fsp3) is 0.667. The molecule has 39 heavy (non-hydrogen) atoms. The smallest absolute Gasteiger partial charge is 0.268 e. The Hall–Kier alpha value is -2.38. The Morgan fingerprint density at radius 3 is 2.82 bits per heavy atom. The third-order valence-electron chi connectivity index (χ3n) is 8.82. The number of ether oxygens (including phenoxy) is 4. The third-order valence-corrected chi connectivity index (χ3v) is 9.86. The van der Waals surface area contributed by atoms with Gasteiger partial charge in [-0.2, -0.15) is 0 Å². The summed E-state index contributed by atoms with van der Waals surface area (Å²) in [4.78, 5) is 28.8. The number of anilines is 2. The first-order valence-corrected chi connectivity index (χ1v) is 14.5. The quantitative estimate of drug-likeness (QED) is 0.396. The molecule has 3 saturated heterocycles. The topological polar surface area (TPSA) is 117 Å². The number of hydrogen-bond donors (Lipinski definition) is 1. The number of pyridine rings is 1. The molecule has 0 aliphatic carbocycles. The molecular formula is C27H38N6O5S. The molecule has 2 N–H and O–H groups in total. The lowest BCUT2D eigenvalue weighted by Gasteiger charge is -2.41. The number of fused-ring (bicyclic) bond motifs is 3.